The lowest BCUT2D eigenvalue weighted by Gasteiger charge is -2.39. The van der Waals surface area contributed by atoms with Gasteiger partial charge in [-0.05, 0) is 31.9 Å². The van der Waals surface area contributed by atoms with Gasteiger partial charge in [0, 0.05) is 29.4 Å². The van der Waals surface area contributed by atoms with Gasteiger partial charge >= 0.3 is 0 Å². The second kappa shape index (κ2) is 4.84. The molecule has 1 unspecified atom stereocenters. The maximum Gasteiger partial charge on any atom is 0.0794 e. The number of halogens is 1. The predicted octanol–water partition coefficient (Wildman–Crippen LogP) is 2.18. The molecule has 0 amide bonds. The SMILES string of the molecule is CC1(O)CCCN(c2cc(Cl)ccc2CO)C1. The molecular formula is C13H18ClNO2. The van der Waals surface area contributed by atoms with E-state index >= 15 is 0 Å². The normalized spacial score (nSPS) is 25.1. The summed E-state index contributed by atoms with van der Waals surface area (Å²) in [5, 5.41) is 20.1. The number of nitrogens with zero attached hydrogens (tertiary/aromatic N) is 1. The monoisotopic (exact) mass is 255 g/mol. The van der Waals surface area contributed by atoms with Gasteiger partial charge in [0.1, 0.15) is 0 Å². The third-order valence-electron chi connectivity index (χ3n) is 3.23. The second-order valence-electron chi connectivity index (χ2n) is 4.95. The zero-order chi connectivity index (χ0) is 12.5. The highest BCUT2D eigenvalue weighted by Gasteiger charge is 2.29. The van der Waals surface area contributed by atoms with Crippen molar-refractivity contribution in [2.24, 2.45) is 0 Å². The Kier molecular flexibility index (Phi) is 3.61. The lowest BCUT2D eigenvalue weighted by Crippen LogP contribution is -2.46. The molecule has 1 saturated heterocycles. The van der Waals surface area contributed by atoms with Crippen LogP contribution in [0.4, 0.5) is 5.69 Å². The summed E-state index contributed by atoms with van der Waals surface area (Å²) in [6.45, 7) is 3.32. The molecule has 0 saturated carbocycles. The Morgan fingerprint density at radius 1 is 1.47 bits per heavy atom. The van der Waals surface area contributed by atoms with Crippen LogP contribution in [0.5, 0.6) is 0 Å². The van der Waals surface area contributed by atoms with Crippen molar-refractivity contribution in [1.29, 1.82) is 0 Å². The first-order valence-corrected chi connectivity index (χ1v) is 6.26. The van der Waals surface area contributed by atoms with E-state index in [0.717, 1.165) is 30.6 Å². The molecule has 1 aromatic carbocycles. The smallest absolute Gasteiger partial charge is 0.0794 e. The predicted molar refractivity (Wildman–Crippen MR) is 69.4 cm³/mol. The fourth-order valence-corrected chi connectivity index (χ4v) is 2.56. The van der Waals surface area contributed by atoms with Crippen LogP contribution in [0.2, 0.25) is 5.02 Å². The summed E-state index contributed by atoms with van der Waals surface area (Å²) in [5.74, 6) is 0. The average Bonchev–Trinajstić information content (AvgIpc) is 2.27. The highest BCUT2D eigenvalue weighted by molar-refractivity contribution is 6.30. The summed E-state index contributed by atoms with van der Waals surface area (Å²) < 4.78 is 0. The quantitative estimate of drug-likeness (QED) is 0.851. The third kappa shape index (κ3) is 2.92. The van der Waals surface area contributed by atoms with Gasteiger partial charge in [-0.1, -0.05) is 17.7 Å². The molecule has 4 heteroatoms. The van der Waals surface area contributed by atoms with Crippen LogP contribution >= 0.6 is 11.6 Å². The van der Waals surface area contributed by atoms with Crippen LogP contribution < -0.4 is 4.90 Å². The van der Waals surface area contributed by atoms with E-state index in [0.29, 0.717) is 11.6 Å². The molecule has 1 aromatic rings. The molecule has 1 heterocycles. The number of aliphatic hydroxyl groups is 2. The van der Waals surface area contributed by atoms with Crippen LogP contribution in [0, 0.1) is 0 Å². The average molecular weight is 256 g/mol. The molecular weight excluding hydrogens is 238 g/mol. The van der Waals surface area contributed by atoms with E-state index in [2.05, 4.69) is 4.90 Å². The molecule has 1 fully saturated rings. The van der Waals surface area contributed by atoms with Crippen molar-refractivity contribution in [3.05, 3.63) is 28.8 Å². The van der Waals surface area contributed by atoms with Gasteiger partial charge in [-0.25, -0.2) is 0 Å². The van der Waals surface area contributed by atoms with Gasteiger partial charge in [-0.15, -0.1) is 0 Å². The van der Waals surface area contributed by atoms with E-state index in [1.165, 1.54) is 0 Å². The number of rotatable bonds is 2. The second-order valence-corrected chi connectivity index (χ2v) is 5.39. The molecule has 2 N–H and O–H groups in total. The number of benzene rings is 1. The van der Waals surface area contributed by atoms with E-state index in [4.69, 9.17) is 11.6 Å². The van der Waals surface area contributed by atoms with Gasteiger partial charge in [-0.2, -0.15) is 0 Å². The van der Waals surface area contributed by atoms with Gasteiger partial charge in [0.15, 0.2) is 0 Å². The number of hydrogen-bond acceptors (Lipinski definition) is 3. The van der Waals surface area contributed by atoms with E-state index in [-0.39, 0.29) is 6.61 Å². The molecule has 94 valence electrons. The van der Waals surface area contributed by atoms with Crippen LogP contribution in [-0.2, 0) is 6.61 Å². The molecule has 1 aliphatic rings. The van der Waals surface area contributed by atoms with Crippen molar-refractivity contribution in [2.45, 2.75) is 32.0 Å². The Balaban J connectivity index is 2.29. The summed E-state index contributed by atoms with van der Waals surface area (Å²) in [5.41, 5.74) is 1.12. The summed E-state index contributed by atoms with van der Waals surface area (Å²) >= 11 is 5.99. The van der Waals surface area contributed by atoms with Crippen molar-refractivity contribution >= 4 is 17.3 Å². The van der Waals surface area contributed by atoms with E-state index in [9.17, 15) is 10.2 Å². The van der Waals surface area contributed by atoms with Crippen LogP contribution in [0.1, 0.15) is 25.3 Å². The van der Waals surface area contributed by atoms with Gasteiger partial charge in [0.05, 0.1) is 12.2 Å². The molecule has 3 nitrogen and oxygen atoms in total. The Morgan fingerprint density at radius 3 is 2.88 bits per heavy atom. The molecule has 0 radical (unpaired) electrons. The van der Waals surface area contributed by atoms with Crippen LogP contribution in [-0.4, -0.2) is 28.9 Å². The fraction of sp³-hybridized carbons (Fsp3) is 0.538. The first-order chi connectivity index (χ1) is 8.02. The van der Waals surface area contributed by atoms with Crippen molar-refractivity contribution in [3.8, 4) is 0 Å². The van der Waals surface area contributed by atoms with Crippen LogP contribution in [0.15, 0.2) is 18.2 Å². The highest BCUT2D eigenvalue weighted by atomic mass is 35.5. The van der Waals surface area contributed by atoms with Crippen LogP contribution in [0.25, 0.3) is 0 Å². The minimum Gasteiger partial charge on any atom is -0.392 e. The van der Waals surface area contributed by atoms with Crippen molar-refractivity contribution < 1.29 is 10.2 Å². The summed E-state index contributed by atoms with van der Waals surface area (Å²) in [4.78, 5) is 2.10. The number of anilines is 1. The van der Waals surface area contributed by atoms with E-state index in [1.54, 1.807) is 6.07 Å². The number of β-amino-alcohol motifs (C(OH)–C–C–N with tert-alkyl or cyclic N) is 1. The van der Waals surface area contributed by atoms with E-state index in [1.807, 2.05) is 19.1 Å². The molecule has 0 spiro atoms. The molecule has 2 rings (SSSR count). The molecule has 0 aliphatic carbocycles. The first kappa shape index (κ1) is 12.7. The molecule has 1 aliphatic heterocycles. The Labute approximate surface area is 107 Å². The zero-order valence-electron chi connectivity index (χ0n) is 9.99. The Morgan fingerprint density at radius 2 is 2.24 bits per heavy atom. The van der Waals surface area contributed by atoms with Gasteiger partial charge < -0.3 is 15.1 Å². The Bertz CT molecular complexity index is 406. The first-order valence-electron chi connectivity index (χ1n) is 5.88. The van der Waals surface area contributed by atoms with E-state index < -0.39 is 5.60 Å². The minimum absolute atomic E-state index is 0.00878. The van der Waals surface area contributed by atoms with Crippen molar-refractivity contribution in [2.75, 3.05) is 18.0 Å². The Hall–Kier alpha value is -0.770. The zero-order valence-corrected chi connectivity index (χ0v) is 10.7. The summed E-state index contributed by atoms with van der Waals surface area (Å²) in [6.07, 6.45) is 1.77. The molecule has 17 heavy (non-hydrogen) atoms. The number of piperidine rings is 1. The maximum atomic E-state index is 10.1. The van der Waals surface area contributed by atoms with Gasteiger partial charge in [0.2, 0.25) is 0 Å². The summed E-state index contributed by atoms with van der Waals surface area (Å²) in [6, 6.07) is 5.47. The topological polar surface area (TPSA) is 43.7 Å². The minimum atomic E-state index is -0.659. The third-order valence-corrected chi connectivity index (χ3v) is 3.47. The lowest BCUT2D eigenvalue weighted by atomic mass is 9.94. The maximum absolute atomic E-state index is 10.1. The lowest BCUT2D eigenvalue weighted by molar-refractivity contribution is 0.0448. The van der Waals surface area contributed by atoms with Gasteiger partial charge in [0.25, 0.3) is 0 Å². The standard InChI is InChI=1S/C13H18ClNO2/c1-13(17)5-2-6-15(9-13)12-7-11(14)4-3-10(12)8-16/h3-4,7,16-17H,2,5-6,8-9H2,1H3. The fourth-order valence-electron chi connectivity index (χ4n) is 2.39. The largest absolute Gasteiger partial charge is 0.392 e. The number of hydrogen-bond donors (Lipinski definition) is 2. The number of aliphatic hydroxyl groups excluding tert-OH is 1. The molecule has 0 aromatic heterocycles. The summed E-state index contributed by atoms with van der Waals surface area (Å²) in [7, 11) is 0. The van der Waals surface area contributed by atoms with Crippen molar-refractivity contribution in [1.82, 2.24) is 0 Å². The van der Waals surface area contributed by atoms with Crippen LogP contribution in [0.3, 0.4) is 0 Å². The van der Waals surface area contributed by atoms with Crippen molar-refractivity contribution in [3.63, 3.8) is 0 Å². The van der Waals surface area contributed by atoms with Gasteiger partial charge in [-0.3, -0.25) is 0 Å². The molecule has 1 atom stereocenters. The highest BCUT2D eigenvalue weighted by Crippen LogP contribution is 2.30. The molecule has 0 bridgehead atoms.